The molecule has 23 heavy (non-hydrogen) atoms. The fourth-order valence-electron chi connectivity index (χ4n) is 3.22. The minimum Gasteiger partial charge on any atom is -0.381 e. The van der Waals surface area contributed by atoms with Gasteiger partial charge in [-0.15, -0.1) is 0 Å². The number of rotatable bonds is 2. The van der Waals surface area contributed by atoms with E-state index < -0.39 is 0 Å². The molecule has 0 radical (unpaired) electrons. The first-order valence-electron chi connectivity index (χ1n) is 8.10. The molecule has 0 aromatic carbocycles. The summed E-state index contributed by atoms with van der Waals surface area (Å²) in [4.78, 5) is 23.3. The van der Waals surface area contributed by atoms with Gasteiger partial charge in [-0.05, 0) is 18.9 Å². The summed E-state index contributed by atoms with van der Waals surface area (Å²) in [5.41, 5.74) is 2.21. The zero-order valence-corrected chi connectivity index (χ0v) is 13.0. The fourth-order valence-corrected chi connectivity index (χ4v) is 3.22. The minimum absolute atomic E-state index is 0.00307. The Morgan fingerprint density at radius 1 is 1.09 bits per heavy atom. The maximum absolute atomic E-state index is 12.5. The van der Waals surface area contributed by atoms with Crippen LogP contribution in [-0.2, 0) is 9.47 Å². The highest BCUT2D eigenvalue weighted by atomic mass is 16.5. The number of pyridine rings is 1. The maximum Gasteiger partial charge on any atom is 0.255 e. The smallest absolute Gasteiger partial charge is 0.255 e. The Morgan fingerprint density at radius 3 is 2.61 bits per heavy atom. The third-order valence-electron chi connectivity index (χ3n) is 4.54. The van der Waals surface area contributed by atoms with Gasteiger partial charge in [0.05, 0.1) is 25.1 Å². The summed E-state index contributed by atoms with van der Waals surface area (Å²) in [5, 5.41) is 0. The lowest BCUT2D eigenvalue weighted by Crippen LogP contribution is -2.40. The summed E-state index contributed by atoms with van der Waals surface area (Å²) in [7, 11) is 0. The molecule has 2 aromatic rings. The maximum atomic E-state index is 12.5. The Morgan fingerprint density at radius 2 is 1.83 bits per heavy atom. The van der Waals surface area contributed by atoms with Crippen molar-refractivity contribution in [2.75, 3.05) is 39.5 Å². The fraction of sp³-hybridized carbons (Fsp3) is 0.562. The monoisotopic (exact) mass is 316 g/mol. The number of fused-ring (bicyclic) bond motifs is 1. The zero-order valence-electron chi connectivity index (χ0n) is 13.0. The number of aromatic nitrogens is 3. The van der Waals surface area contributed by atoms with E-state index in [1.54, 1.807) is 6.20 Å². The van der Waals surface area contributed by atoms with Crippen LogP contribution in [0.15, 0.2) is 18.6 Å². The van der Waals surface area contributed by atoms with Crippen LogP contribution in [0.4, 0.5) is 0 Å². The van der Waals surface area contributed by atoms with Crippen LogP contribution in [0.3, 0.4) is 0 Å². The second-order valence-corrected chi connectivity index (χ2v) is 5.97. The molecule has 7 heteroatoms. The highest BCUT2D eigenvalue weighted by molar-refractivity contribution is 5.96. The van der Waals surface area contributed by atoms with Crippen molar-refractivity contribution in [2.45, 2.75) is 18.9 Å². The Labute approximate surface area is 134 Å². The van der Waals surface area contributed by atoms with Gasteiger partial charge < -0.3 is 18.9 Å². The van der Waals surface area contributed by atoms with Crippen LogP contribution in [-0.4, -0.2) is 64.9 Å². The molecule has 0 spiro atoms. The molecule has 0 aliphatic carbocycles. The lowest BCUT2D eigenvalue weighted by atomic mass is 10.1. The molecule has 2 fully saturated rings. The van der Waals surface area contributed by atoms with Crippen molar-refractivity contribution in [1.82, 2.24) is 19.4 Å². The van der Waals surface area contributed by atoms with Crippen molar-refractivity contribution in [1.29, 1.82) is 0 Å². The number of carbonyl (C=O) groups excluding carboxylic acids is 1. The SMILES string of the molecule is O=C(c1cnc2c(c1)ncn2C1CCOCC1)N1CCOCC1. The first-order valence-corrected chi connectivity index (χ1v) is 8.10. The molecule has 2 aromatic heterocycles. The van der Waals surface area contributed by atoms with E-state index in [-0.39, 0.29) is 5.91 Å². The third kappa shape index (κ3) is 2.82. The van der Waals surface area contributed by atoms with Crippen molar-refractivity contribution >= 4 is 17.1 Å². The van der Waals surface area contributed by atoms with Gasteiger partial charge in [-0.1, -0.05) is 0 Å². The summed E-state index contributed by atoms with van der Waals surface area (Å²) in [6, 6.07) is 2.22. The van der Waals surface area contributed by atoms with Crippen LogP contribution in [0.1, 0.15) is 29.2 Å². The van der Waals surface area contributed by atoms with Gasteiger partial charge in [0, 0.05) is 38.5 Å². The number of hydrogen-bond donors (Lipinski definition) is 0. The van der Waals surface area contributed by atoms with Gasteiger partial charge in [-0.25, -0.2) is 9.97 Å². The number of ether oxygens (including phenoxy) is 2. The number of amides is 1. The van der Waals surface area contributed by atoms with Gasteiger partial charge in [0.2, 0.25) is 0 Å². The molecule has 1 amide bonds. The number of imidazole rings is 1. The predicted octanol–water partition coefficient (Wildman–Crippen LogP) is 1.26. The molecule has 0 unspecified atom stereocenters. The van der Waals surface area contributed by atoms with Crippen molar-refractivity contribution in [3.8, 4) is 0 Å². The predicted molar refractivity (Wildman–Crippen MR) is 83.3 cm³/mol. The Balaban J connectivity index is 1.60. The highest BCUT2D eigenvalue weighted by Crippen LogP contribution is 2.25. The Hall–Kier alpha value is -1.99. The largest absolute Gasteiger partial charge is 0.381 e. The molecule has 0 N–H and O–H groups in total. The molecule has 7 nitrogen and oxygen atoms in total. The molecule has 2 saturated heterocycles. The van der Waals surface area contributed by atoms with Crippen LogP contribution < -0.4 is 0 Å². The first-order chi connectivity index (χ1) is 11.3. The van der Waals surface area contributed by atoms with Crippen molar-refractivity contribution in [3.63, 3.8) is 0 Å². The van der Waals surface area contributed by atoms with Crippen LogP contribution in [0, 0.1) is 0 Å². The van der Waals surface area contributed by atoms with Crippen molar-refractivity contribution < 1.29 is 14.3 Å². The quantitative estimate of drug-likeness (QED) is 0.834. The van der Waals surface area contributed by atoms with Gasteiger partial charge in [0.1, 0.15) is 5.52 Å². The summed E-state index contributed by atoms with van der Waals surface area (Å²) in [6.45, 7) is 4.01. The topological polar surface area (TPSA) is 69.5 Å². The minimum atomic E-state index is 0.00307. The zero-order chi connectivity index (χ0) is 15.6. The second-order valence-electron chi connectivity index (χ2n) is 5.97. The average molecular weight is 316 g/mol. The molecule has 122 valence electrons. The normalized spacial score (nSPS) is 20.1. The van der Waals surface area contributed by atoms with Crippen molar-refractivity contribution in [2.24, 2.45) is 0 Å². The van der Waals surface area contributed by atoms with E-state index in [0.717, 1.165) is 37.2 Å². The molecular weight excluding hydrogens is 296 g/mol. The van der Waals surface area contributed by atoms with E-state index in [9.17, 15) is 4.79 Å². The summed E-state index contributed by atoms with van der Waals surface area (Å²) in [6.07, 6.45) is 5.44. The molecule has 4 rings (SSSR count). The summed E-state index contributed by atoms with van der Waals surface area (Å²) >= 11 is 0. The van der Waals surface area contributed by atoms with Gasteiger partial charge in [0.15, 0.2) is 5.65 Å². The lowest BCUT2D eigenvalue weighted by Gasteiger charge is -2.26. The molecule has 2 aliphatic rings. The summed E-state index contributed by atoms with van der Waals surface area (Å²) < 4.78 is 12.8. The van der Waals surface area contributed by atoms with E-state index in [1.165, 1.54) is 0 Å². The second kappa shape index (κ2) is 6.25. The van der Waals surface area contributed by atoms with Crippen LogP contribution in [0.2, 0.25) is 0 Å². The van der Waals surface area contributed by atoms with Crippen LogP contribution in [0.5, 0.6) is 0 Å². The van der Waals surface area contributed by atoms with Gasteiger partial charge in [-0.3, -0.25) is 4.79 Å². The molecule has 2 aliphatic heterocycles. The number of morpholine rings is 1. The van der Waals surface area contributed by atoms with Crippen LogP contribution >= 0.6 is 0 Å². The number of nitrogens with zero attached hydrogens (tertiary/aromatic N) is 4. The summed E-state index contributed by atoms with van der Waals surface area (Å²) in [5.74, 6) is 0.00307. The van der Waals surface area contributed by atoms with E-state index in [4.69, 9.17) is 9.47 Å². The molecule has 0 bridgehead atoms. The van der Waals surface area contributed by atoms with E-state index in [2.05, 4.69) is 14.5 Å². The lowest BCUT2D eigenvalue weighted by molar-refractivity contribution is 0.0302. The van der Waals surface area contributed by atoms with E-state index in [1.807, 2.05) is 17.3 Å². The number of carbonyl (C=O) groups is 1. The molecular formula is C16H20N4O3. The van der Waals surface area contributed by atoms with E-state index >= 15 is 0 Å². The van der Waals surface area contributed by atoms with Crippen molar-refractivity contribution in [3.05, 3.63) is 24.2 Å². The van der Waals surface area contributed by atoms with Gasteiger partial charge >= 0.3 is 0 Å². The Kier molecular flexibility index (Phi) is 3.97. The third-order valence-corrected chi connectivity index (χ3v) is 4.54. The first kappa shape index (κ1) is 14.6. The highest BCUT2D eigenvalue weighted by Gasteiger charge is 2.22. The number of hydrogen-bond acceptors (Lipinski definition) is 5. The van der Waals surface area contributed by atoms with Gasteiger partial charge in [0.25, 0.3) is 5.91 Å². The molecule has 0 atom stereocenters. The molecule has 0 saturated carbocycles. The molecule has 4 heterocycles. The van der Waals surface area contributed by atoms with E-state index in [0.29, 0.717) is 37.9 Å². The van der Waals surface area contributed by atoms with Crippen LogP contribution in [0.25, 0.3) is 11.2 Å². The van der Waals surface area contributed by atoms with Gasteiger partial charge in [-0.2, -0.15) is 0 Å². The average Bonchev–Trinajstić information content (AvgIpc) is 3.06. The Bertz CT molecular complexity index is 702. The standard InChI is InChI=1S/C16H20N4O3/c21-16(19-3-7-23-8-4-19)12-9-14-15(17-10-12)20(11-18-14)13-1-5-22-6-2-13/h9-11,13H,1-8H2.